The molecule has 0 saturated carbocycles. The third-order valence-corrected chi connectivity index (χ3v) is 7.18. The van der Waals surface area contributed by atoms with Crippen LogP contribution in [-0.4, -0.2) is 29.4 Å². The lowest BCUT2D eigenvalue weighted by molar-refractivity contribution is 0.318. The maximum atomic E-state index is 13.0. The molecule has 2 aromatic heterocycles. The van der Waals surface area contributed by atoms with Crippen LogP contribution < -0.4 is 10.5 Å². The number of fused-ring (bicyclic) bond motifs is 1. The number of benzene rings is 2. The van der Waals surface area contributed by atoms with Crippen LogP contribution in [0.3, 0.4) is 0 Å². The summed E-state index contributed by atoms with van der Waals surface area (Å²) < 4.78 is 28.8. The van der Waals surface area contributed by atoms with E-state index >= 15 is 0 Å². The van der Waals surface area contributed by atoms with Crippen molar-refractivity contribution in [1.29, 1.82) is 0 Å². The molecule has 10 heteroatoms. The second kappa shape index (κ2) is 8.80. The lowest BCUT2D eigenvalue weighted by Crippen LogP contribution is -2.30. The molecule has 2 aromatic carbocycles. The van der Waals surface area contributed by atoms with E-state index in [1.807, 2.05) is 12.1 Å². The van der Waals surface area contributed by atoms with Crippen molar-refractivity contribution in [3.63, 3.8) is 0 Å². The topological polar surface area (TPSA) is 131 Å². The number of hydrogen-bond donors (Lipinski definition) is 3. The van der Waals surface area contributed by atoms with Gasteiger partial charge in [0.15, 0.2) is 5.84 Å². The van der Waals surface area contributed by atoms with Gasteiger partial charge in [-0.3, -0.25) is 0 Å². The van der Waals surface area contributed by atoms with E-state index in [4.69, 9.17) is 10.9 Å². The van der Waals surface area contributed by atoms with Crippen LogP contribution in [0, 0.1) is 0 Å². The highest BCUT2D eigenvalue weighted by Gasteiger charge is 2.25. The van der Waals surface area contributed by atoms with Crippen LogP contribution in [0.5, 0.6) is 0 Å². The molecule has 0 radical (unpaired) electrons. The highest BCUT2D eigenvalue weighted by Crippen LogP contribution is 2.28. The molecule has 158 valence electrons. The number of oxime groups is 1. The molecule has 0 aliphatic carbocycles. The lowest BCUT2D eigenvalue weighted by atomic mass is 10.0. The number of nitrogens with two attached hydrogens (primary N) is 1. The largest absolute Gasteiger partial charge is 0.409 e. The van der Waals surface area contributed by atoms with Crippen LogP contribution in [0.2, 0.25) is 0 Å². The van der Waals surface area contributed by atoms with E-state index in [0.29, 0.717) is 22.5 Å². The summed E-state index contributed by atoms with van der Waals surface area (Å²) in [5.41, 5.74) is 7.75. The van der Waals surface area contributed by atoms with Crippen molar-refractivity contribution in [2.75, 3.05) is 0 Å². The van der Waals surface area contributed by atoms with E-state index in [9.17, 15) is 8.42 Å². The summed E-state index contributed by atoms with van der Waals surface area (Å²) >= 11 is 1.34. The summed E-state index contributed by atoms with van der Waals surface area (Å²) in [6.45, 7) is 0. The Morgan fingerprint density at radius 1 is 1.13 bits per heavy atom. The number of nitrogens with zero attached hydrogens (tertiary/aromatic N) is 3. The van der Waals surface area contributed by atoms with Crippen molar-refractivity contribution >= 4 is 37.5 Å². The molecule has 0 saturated heterocycles. The standard InChI is InChI=1S/C21H19N5O3S2/c22-19(25-27)15-7-4-6-14(12-15)13-18(21-24-17-10-5-11-23-20(17)30-21)26-31(28,29)16-8-2-1-3-9-16/h1-12,18,26-27H,13H2,(H2,22,25). The van der Waals surface area contributed by atoms with Crippen molar-refractivity contribution in [1.82, 2.24) is 14.7 Å². The minimum atomic E-state index is -3.79. The van der Waals surface area contributed by atoms with Gasteiger partial charge >= 0.3 is 0 Å². The quantitative estimate of drug-likeness (QED) is 0.171. The zero-order valence-corrected chi connectivity index (χ0v) is 17.8. The Hall–Kier alpha value is -3.34. The van der Waals surface area contributed by atoms with Crippen LogP contribution in [0.15, 0.2) is 83.0 Å². The monoisotopic (exact) mass is 453 g/mol. The molecule has 0 aliphatic rings. The summed E-state index contributed by atoms with van der Waals surface area (Å²) in [4.78, 5) is 9.81. The summed E-state index contributed by atoms with van der Waals surface area (Å²) in [5.74, 6) is -0.0209. The van der Waals surface area contributed by atoms with Gasteiger partial charge in [-0.25, -0.2) is 23.1 Å². The number of thiazole rings is 1. The van der Waals surface area contributed by atoms with E-state index < -0.39 is 16.1 Å². The number of hydrogen-bond acceptors (Lipinski definition) is 7. The van der Waals surface area contributed by atoms with Gasteiger partial charge in [0.2, 0.25) is 10.0 Å². The normalized spacial score (nSPS) is 13.4. The molecule has 8 nitrogen and oxygen atoms in total. The molecular formula is C21H19N5O3S2. The van der Waals surface area contributed by atoms with Crippen molar-refractivity contribution in [3.05, 3.63) is 89.1 Å². The summed E-state index contributed by atoms with van der Waals surface area (Å²) in [6, 6.07) is 18.3. The van der Waals surface area contributed by atoms with Crippen molar-refractivity contribution in [2.45, 2.75) is 17.4 Å². The average Bonchev–Trinajstić information content (AvgIpc) is 3.23. The Morgan fingerprint density at radius 3 is 2.68 bits per heavy atom. The zero-order chi connectivity index (χ0) is 21.8. The van der Waals surface area contributed by atoms with Gasteiger partial charge in [0.1, 0.15) is 15.4 Å². The van der Waals surface area contributed by atoms with E-state index in [1.165, 1.54) is 11.3 Å². The molecule has 0 aliphatic heterocycles. The van der Waals surface area contributed by atoms with Crippen LogP contribution in [0.4, 0.5) is 0 Å². The second-order valence-electron chi connectivity index (χ2n) is 6.76. The van der Waals surface area contributed by atoms with Crippen LogP contribution in [0.1, 0.15) is 22.2 Å². The molecule has 0 amide bonds. The smallest absolute Gasteiger partial charge is 0.241 e. The van der Waals surface area contributed by atoms with Crippen molar-refractivity contribution in [2.24, 2.45) is 10.9 Å². The molecule has 4 N–H and O–H groups in total. The predicted molar refractivity (Wildman–Crippen MR) is 120 cm³/mol. The number of sulfonamides is 1. The van der Waals surface area contributed by atoms with Gasteiger partial charge in [0, 0.05) is 11.8 Å². The number of nitrogens with one attached hydrogen (secondary N) is 1. The Labute approximate surface area is 183 Å². The molecule has 2 heterocycles. The van der Waals surface area contributed by atoms with Gasteiger partial charge in [0.25, 0.3) is 0 Å². The maximum Gasteiger partial charge on any atom is 0.241 e. The molecule has 1 atom stereocenters. The van der Waals surface area contributed by atoms with Crippen molar-refractivity contribution < 1.29 is 13.6 Å². The summed E-state index contributed by atoms with van der Waals surface area (Å²) in [7, 11) is -3.79. The fourth-order valence-electron chi connectivity index (χ4n) is 3.12. The summed E-state index contributed by atoms with van der Waals surface area (Å²) in [6.07, 6.45) is 1.99. The Balaban J connectivity index is 1.72. The van der Waals surface area contributed by atoms with E-state index in [-0.39, 0.29) is 10.7 Å². The number of rotatable bonds is 7. The summed E-state index contributed by atoms with van der Waals surface area (Å²) in [5, 5.41) is 12.6. The predicted octanol–water partition coefficient (Wildman–Crippen LogP) is 3.05. The first-order valence-electron chi connectivity index (χ1n) is 9.32. The number of aromatic nitrogens is 2. The Bertz CT molecular complexity index is 1300. The third-order valence-electron chi connectivity index (χ3n) is 4.60. The molecule has 31 heavy (non-hydrogen) atoms. The highest BCUT2D eigenvalue weighted by atomic mass is 32.2. The van der Waals surface area contributed by atoms with E-state index in [0.717, 1.165) is 10.4 Å². The highest BCUT2D eigenvalue weighted by molar-refractivity contribution is 7.89. The number of amidine groups is 1. The molecule has 1 unspecified atom stereocenters. The average molecular weight is 454 g/mol. The van der Waals surface area contributed by atoms with E-state index in [2.05, 4.69) is 19.8 Å². The van der Waals surface area contributed by atoms with E-state index in [1.54, 1.807) is 60.8 Å². The van der Waals surface area contributed by atoms with Crippen LogP contribution in [0.25, 0.3) is 10.3 Å². The first-order chi connectivity index (χ1) is 15.0. The van der Waals surface area contributed by atoms with Gasteiger partial charge < -0.3 is 10.9 Å². The van der Waals surface area contributed by atoms with Gasteiger partial charge in [-0.1, -0.05) is 52.9 Å². The minimum Gasteiger partial charge on any atom is -0.409 e. The fraction of sp³-hybridized carbons (Fsp3) is 0.0952. The number of pyridine rings is 1. The first-order valence-corrected chi connectivity index (χ1v) is 11.6. The molecular weight excluding hydrogens is 434 g/mol. The second-order valence-corrected chi connectivity index (χ2v) is 9.48. The van der Waals surface area contributed by atoms with Gasteiger partial charge in [-0.2, -0.15) is 0 Å². The fourth-order valence-corrected chi connectivity index (χ4v) is 5.38. The third kappa shape index (κ3) is 4.71. The lowest BCUT2D eigenvalue weighted by Gasteiger charge is -2.17. The molecule has 0 bridgehead atoms. The Morgan fingerprint density at radius 2 is 1.94 bits per heavy atom. The van der Waals surface area contributed by atoms with Crippen molar-refractivity contribution in [3.8, 4) is 0 Å². The molecule has 0 spiro atoms. The maximum absolute atomic E-state index is 13.0. The minimum absolute atomic E-state index is 0.0209. The molecule has 0 fully saturated rings. The van der Waals surface area contributed by atoms with Gasteiger partial charge in [-0.05, 0) is 42.3 Å². The molecule has 4 rings (SSSR count). The van der Waals surface area contributed by atoms with Crippen LogP contribution in [-0.2, 0) is 16.4 Å². The molecule has 4 aromatic rings. The van der Waals surface area contributed by atoms with Gasteiger partial charge in [-0.15, -0.1) is 0 Å². The van der Waals surface area contributed by atoms with Crippen LogP contribution >= 0.6 is 11.3 Å². The first kappa shape index (κ1) is 20.9. The zero-order valence-electron chi connectivity index (χ0n) is 16.2. The van der Waals surface area contributed by atoms with Gasteiger partial charge in [0.05, 0.1) is 10.9 Å². The Kier molecular flexibility index (Phi) is 5.94. The SMILES string of the molecule is NC(=NO)c1cccc(CC(NS(=O)(=O)c2ccccc2)c2nc3cccnc3s2)c1.